The van der Waals surface area contributed by atoms with Crippen LogP contribution in [0.1, 0.15) is 39.2 Å². The van der Waals surface area contributed by atoms with Crippen LogP contribution >= 0.6 is 0 Å². The predicted molar refractivity (Wildman–Crippen MR) is 129 cm³/mol. The van der Waals surface area contributed by atoms with Crippen LogP contribution in [-0.4, -0.2) is 13.1 Å². The first kappa shape index (κ1) is 18.4. The zero-order chi connectivity index (χ0) is 21.4. The second-order valence-electron chi connectivity index (χ2n) is 8.68. The summed E-state index contributed by atoms with van der Waals surface area (Å²) in [6.45, 7) is 14.7. The molecule has 3 heterocycles. The van der Waals surface area contributed by atoms with Gasteiger partial charge in [0.1, 0.15) is 33.5 Å². The summed E-state index contributed by atoms with van der Waals surface area (Å²) >= 11 is 0. The summed E-state index contributed by atoms with van der Waals surface area (Å²) in [5.41, 5.74) is 7.23. The smallest absolute Gasteiger partial charge is 0.141 e. The van der Waals surface area contributed by atoms with Gasteiger partial charge in [0.25, 0.3) is 0 Å². The van der Waals surface area contributed by atoms with Gasteiger partial charge in [0.15, 0.2) is 0 Å². The third-order valence-electron chi connectivity index (χ3n) is 6.47. The maximum atomic E-state index is 6.52. The van der Waals surface area contributed by atoms with Crippen molar-refractivity contribution < 1.29 is 13.3 Å². The standard InChI is InChI=1S/C27H25NO3/c1-6-28(7-2)17-12-22-26-23(13-17)31-21-11-16(14(3)4)10-20-25(21)27(26)24-18(29-20)8-15(5)9-19(24)30-22/h8-14H,5-7H2,1-4H3. The highest BCUT2D eigenvalue weighted by molar-refractivity contribution is 6.32. The number of anilines is 1. The lowest BCUT2D eigenvalue weighted by atomic mass is 9.95. The maximum absolute atomic E-state index is 6.52. The van der Waals surface area contributed by atoms with Gasteiger partial charge >= 0.3 is 0 Å². The SMILES string of the molecule is C=c1cc2oc3cc(C(C)C)cc4oc5cc(N(CC)CC)cc6oc(c1)c2c(c43)c56. The molecule has 0 saturated carbocycles. The molecule has 0 aliphatic carbocycles. The van der Waals surface area contributed by atoms with E-state index in [1.54, 1.807) is 0 Å². The zero-order valence-electron chi connectivity index (χ0n) is 18.3. The third kappa shape index (κ3) is 2.48. The number of hydrogen-bond donors (Lipinski definition) is 0. The normalized spacial score (nSPS) is 12.5. The van der Waals surface area contributed by atoms with Crippen molar-refractivity contribution in [1.82, 2.24) is 0 Å². The van der Waals surface area contributed by atoms with E-state index in [0.717, 1.165) is 79.0 Å². The molecule has 0 fully saturated rings. The summed E-state index contributed by atoms with van der Waals surface area (Å²) in [6.07, 6.45) is 0. The average molecular weight is 412 g/mol. The molecule has 0 atom stereocenters. The monoisotopic (exact) mass is 411 g/mol. The van der Waals surface area contributed by atoms with Gasteiger partial charge in [-0.15, -0.1) is 0 Å². The highest BCUT2D eigenvalue weighted by Gasteiger charge is 2.23. The Bertz CT molecular complexity index is 1660. The molecule has 6 rings (SSSR count). The first-order valence-electron chi connectivity index (χ1n) is 11.0. The van der Waals surface area contributed by atoms with Gasteiger partial charge in [-0.2, -0.15) is 0 Å². The minimum atomic E-state index is 0.364. The van der Waals surface area contributed by atoms with E-state index in [4.69, 9.17) is 13.3 Å². The van der Waals surface area contributed by atoms with Crippen molar-refractivity contribution in [2.75, 3.05) is 18.0 Å². The van der Waals surface area contributed by atoms with Crippen LogP contribution in [0, 0.1) is 0 Å². The van der Waals surface area contributed by atoms with Crippen molar-refractivity contribution in [3.8, 4) is 0 Å². The van der Waals surface area contributed by atoms with Gasteiger partial charge < -0.3 is 18.2 Å². The van der Waals surface area contributed by atoms with Crippen molar-refractivity contribution >= 4 is 67.3 Å². The molecule has 6 aromatic rings. The van der Waals surface area contributed by atoms with E-state index in [0.29, 0.717) is 5.92 Å². The second kappa shape index (κ2) is 6.30. The van der Waals surface area contributed by atoms with Gasteiger partial charge in [-0.1, -0.05) is 20.4 Å². The van der Waals surface area contributed by atoms with Crippen molar-refractivity contribution in [1.29, 1.82) is 0 Å². The van der Waals surface area contributed by atoms with Crippen LogP contribution in [0.15, 0.2) is 49.6 Å². The molecule has 0 radical (unpaired) electrons. The minimum Gasteiger partial charge on any atom is -0.456 e. The fraction of sp³-hybridized carbons (Fsp3) is 0.259. The first-order valence-corrected chi connectivity index (χ1v) is 11.0. The number of hydrogen-bond acceptors (Lipinski definition) is 4. The molecule has 3 aromatic heterocycles. The Morgan fingerprint density at radius 1 is 0.677 bits per heavy atom. The largest absolute Gasteiger partial charge is 0.456 e. The highest BCUT2D eigenvalue weighted by atomic mass is 16.4. The molecule has 0 spiro atoms. The number of benzene rings is 3. The van der Waals surface area contributed by atoms with Gasteiger partial charge in [0.2, 0.25) is 0 Å². The molecular weight excluding hydrogens is 386 g/mol. The van der Waals surface area contributed by atoms with E-state index in [9.17, 15) is 0 Å². The fourth-order valence-electron chi connectivity index (χ4n) is 4.89. The molecule has 4 nitrogen and oxygen atoms in total. The Balaban J connectivity index is 1.91. The number of rotatable bonds is 4. The van der Waals surface area contributed by atoms with Crippen LogP contribution in [0.3, 0.4) is 0 Å². The summed E-state index contributed by atoms with van der Waals surface area (Å²) in [6, 6.07) is 12.5. The molecule has 0 aliphatic heterocycles. The molecule has 0 N–H and O–H groups in total. The first-order chi connectivity index (χ1) is 15.0. The van der Waals surface area contributed by atoms with Crippen LogP contribution in [0.5, 0.6) is 0 Å². The van der Waals surface area contributed by atoms with Gasteiger partial charge in [0, 0.05) is 36.3 Å². The Morgan fingerprint density at radius 3 is 1.52 bits per heavy atom. The molecule has 156 valence electrons. The summed E-state index contributed by atoms with van der Waals surface area (Å²) < 4.78 is 19.3. The van der Waals surface area contributed by atoms with Crippen LogP contribution in [0.25, 0.3) is 61.6 Å². The van der Waals surface area contributed by atoms with Crippen molar-refractivity contribution in [2.45, 2.75) is 33.6 Å². The molecule has 0 unspecified atom stereocenters. The van der Waals surface area contributed by atoms with Crippen LogP contribution in [-0.2, 0) is 0 Å². The Hall–Kier alpha value is -3.40. The van der Waals surface area contributed by atoms with Crippen LogP contribution in [0.2, 0.25) is 0 Å². The van der Waals surface area contributed by atoms with E-state index >= 15 is 0 Å². The van der Waals surface area contributed by atoms with Gasteiger partial charge in [-0.25, -0.2) is 0 Å². The Morgan fingerprint density at radius 2 is 1.10 bits per heavy atom. The second-order valence-corrected chi connectivity index (χ2v) is 8.68. The van der Waals surface area contributed by atoms with E-state index in [1.165, 1.54) is 5.56 Å². The lowest BCUT2D eigenvalue weighted by molar-refractivity contribution is 0.633. The molecule has 3 aromatic carbocycles. The lowest BCUT2D eigenvalue weighted by Crippen LogP contribution is -2.21. The van der Waals surface area contributed by atoms with Gasteiger partial charge in [-0.05, 0) is 54.8 Å². The minimum absolute atomic E-state index is 0.364. The fourth-order valence-corrected chi connectivity index (χ4v) is 4.89. The third-order valence-corrected chi connectivity index (χ3v) is 6.47. The quantitative estimate of drug-likeness (QED) is 0.225. The van der Waals surface area contributed by atoms with E-state index in [-0.39, 0.29) is 0 Å². The average Bonchev–Trinajstić information content (AvgIpc) is 2.73. The van der Waals surface area contributed by atoms with Gasteiger partial charge in [0.05, 0.1) is 16.2 Å². The highest BCUT2D eigenvalue weighted by Crippen LogP contribution is 2.45. The number of nitrogens with zero attached hydrogens (tertiary/aromatic N) is 1. The molecule has 31 heavy (non-hydrogen) atoms. The molecule has 4 heteroatoms. The molecule has 0 aliphatic rings. The zero-order valence-corrected chi connectivity index (χ0v) is 18.3. The van der Waals surface area contributed by atoms with E-state index < -0.39 is 0 Å². The topological polar surface area (TPSA) is 42.7 Å². The maximum Gasteiger partial charge on any atom is 0.141 e. The Kier molecular flexibility index (Phi) is 3.73. The summed E-state index contributed by atoms with van der Waals surface area (Å²) in [4.78, 5) is 2.31. The van der Waals surface area contributed by atoms with Crippen LogP contribution < -0.4 is 10.1 Å². The van der Waals surface area contributed by atoms with Crippen LogP contribution in [0.4, 0.5) is 5.69 Å². The predicted octanol–water partition coefficient (Wildman–Crippen LogP) is 7.33. The molecular formula is C27H25NO3. The lowest BCUT2D eigenvalue weighted by Gasteiger charge is -2.22. The van der Waals surface area contributed by atoms with Crippen molar-refractivity contribution in [3.05, 3.63) is 47.2 Å². The van der Waals surface area contributed by atoms with Crippen molar-refractivity contribution in [3.63, 3.8) is 0 Å². The van der Waals surface area contributed by atoms with E-state index in [2.05, 4.69) is 63.4 Å². The molecule has 0 saturated heterocycles. The van der Waals surface area contributed by atoms with Crippen molar-refractivity contribution in [2.24, 2.45) is 0 Å². The summed E-state index contributed by atoms with van der Waals surface area (Å²) in [5, 5.41) is 5.03. The molecule has 0 bridgehead atoms. The van der Waals surface area contributed by atoms with E-state index in [1.807, 2.05) is 12.1 Å². The Labute approximate surface area is 179 Å². The van der Waals surface area contributed by atoms with Gasteiger partial charge in [-0.3, -0.25) is 0 Å². The summed E-state index contributed by atoms with van der Waals surface area (Å²) in [7, 11) is 0. The summed E-state index contributed by atoms with van der Waals surface area (Å²) in [5.74, 6) is 0.364. The molecule has 0 amide bonds.